The van der Waals surface area contributed by atoms with Gasteiger partial charge in [-0.05, 0) is 42.5 Å². The highest BCUT2D eigenvalue weighted by atomic mass is 35.5. The van der Waals surface area contributed by atoms with Gasteiger partial charge in [0.25, 0.3) is 0 Å². The average Bonchev–Trinajstić information content (AvgIpc) is 3.34. The maximum atomic E-state index is 13.2. The molecule has 1 heterocycles. The highest BCUT2D eigenvalue weighted by molar-refractivity contribution is 7.98. The Kier molecular flexibility index (Phi) is 5.00. The summed E-state index contributed by atoms with van der Waals surface area (Å²) in [5, 5.41) is 10.2. The molecule has 6 heteroatoms. The fourth-order valence-electron chi connectivity index (χ4n) is 3.31. The van der Waals surface area contributed by atoms with Crippen molar-refractivity contribution in [3.63, 3.8) is 0 Å². The van der Waals surface area contributed by atoms with Crippen LogP contribution in [0.1, 0.15) is 42.1 Å². The van der Waals surface area contributed by atoms with E-state index in [0.29, 0.717) is 22.6 Å². The Bertz CT molecular complexity index is 913. The molecule has 4 rings (SSSR count). The van der Waals surface area contributed by atoms with Crippen molar-refractivity contribution in [1.29, 1.82) is 0 Å². The van der Waals surface area contributed by atoms with Crippen molar-refractivity contribution >= 4 is 23.4 Å². The molecule has 26 heavy (non-hydrogen) atoms. The number of thioether (sulfide) groups is 1. The van der Waals surface area contributed by atoms with Gasteiger partial charge in [0.1, 0.15) is 11.6 Å². The summed E-state index contributed by atoms with van der Waals surface area (Å²) in [6, 6.07) is 15.1. The van der Waals surface area contributed by atoms with E-state index < -0.39 is 0 Å². The van der Waals surface area contributed by atoms with E-state index in [1.807, 2.05) is 6.07 Å². The molecule has 2 unspecified atom stereocenters. The third-order valence-electron chi connectivity index (χ3n) is 4.78. The van der Waals surface area contributed by atoms with Gasteiger partial charge in [-0.2, -0.15) is 0 Å². The molecule has 0 spiro atoms. The lowest BCUT2D eigenvalue weighted by atomic mass is 10.1. The summed E-state index contributed by atoms with van der Waals surface area (Å²) >= 11 is 7.72. The Morgan fingerprint density at radius 2 is 1.96 bits per heavy atom. The van der Waals surface area contributed by atoms with Crippen LogP contribution in [-0.2, 0) is 12.3 Å². The van der Waals surface area contributed by atoms with E-state index in [0.717, 1.165) is 29.5 Å². The van der Waals surface area contributed by atoms with Gasteiger partial charge in [0.05, 0.1) is 0 Å². The molecule has 3 nitrogen and oxygen atoms in total. The maximum Gasteiger partial charge on any atom is 0.191 e. The molecule has 1 aliphatic carbocycles. The van der Waals surface area contributed by atoms with Crippen molar-refractivity contribution in [2.24, 2.45) is 0 Å². The Balaban J connectivity index is 1.49. The highest BCUT2D eigenvalue weighted by Crippen LogP contribution is 2.54. The van der Waals surface area contributed by atoms with Crippen LogP contribution in [0.25, 0.3) is 0 Å². The fraction of sp³-hybridized carbons (Fsp3) is 0.300. The summed E-state index contributed by atoms with van der Waals surface area (Å²) in [6.45, 7) is 2.95. The minimum atomic E-state index is -0.316. The van der Waals surface area contributed by atoms with Crippen LogP contribution in [0.5, 0.6) is 0 Å². The highest BCUT2D eigenvalue weighted by Gasteiger charge is 2.43. The summed E-state index contributed by atoms with van der Waals surface area (Å²) in [4.78, 5) is 0. The second-order valence-corrected chi connectivity index (χ2v) is 7.82. The number of halogens is 2. The lowest BCUT2D eigenvalue weighted by molar-refractivity contribution is 0.627. The summed E-state index contributed by atoms with van der Waals surface area (Å²) < 4.78 is 15.4. The standard InChI is InChI=1S/C20H19ClFN3S/c1-2-25-19(17-11-16(17)13-6-4-3-5-7-13)23-24-20(25)26-12-14-8-9-15(22)10-18(14)21/h3-10,16-17H,2,11-12H2,1H3. The number of benzene rings is 2. The minimum Gasteiger partial charge on any atom is -0.306 e. The molecule has 2 aromatic carbocycles. The van der Waals surface area contributed by atoms with Gasteiger partial charge in [-0.25, -0.2) is 4.39 Å². The Labute approximate surface area is 161 Å². The van der Waals surface area contributed by atoms with E-state index in [2.05, 4.69) is 46.0 Å². The van der Waals surface area contributed by atoms with Crippen molar-refractivity contribution < 1.29 is 4.39 Å². The summed E-state index contributed by atoms with van der Waals surface area (Å²) in [6.07, 6.45) is 1.12. The second-order valence-electron chi connectivity index (χ2n) is 6.47. The fourth-order valence-corrected chi connectivity index (χ4v) is 4.63. The Morgan fingerprint density at radius 1 is 1.15 bits per heavy atom. The van der Waals surface area contributed by atoms with Crippen molar-refractivity contribution in [3.8, 4) is 0 Å². The predicted octanol–water partition coefficient (Wildman–Crippen LogP) is 5.65. The molecule has 2 atom stereocenters. The predicted molar refractivity (Wildman–Crippen MR) is 103 cm³/mol. The smallest absolute Gasteiger partial charge is 0.191 e. The average molecular weight is 388 g/mol. The van der Waals surface area contributed by atoms with E-state index in [-0.39, 0.29) is 5.82 Å². The monoisotopic (exact) mass is 387 g/mol. The molecular weight excluding hydrogens is 369 g/mol. The zero-order chi connectivity index (χ0) is 18.1. The first kappa shape index (κ1) is 17.6. The van der Waals surface area contributed by atoms with E-state index in [1.54, 1.807) is 17.8 Å². The molecule has 3 aromatic rings. The number of nitrogens with zero attached hydrogens (tertiary/aromatic N) is 3. The molecule has 1 aromatic heterocycles. The van der Waals surface area contributed by atoms with Gasteiger partial charge in [-0.1, -0.05) is 59.8 Å². The number of rotatable bonds is 6. The largest absolute Gasteiger partial charge is 0.306 e. The van der Waals surface area contributed by atoms with Gasteiger partial charge in [0.2, 0.25) is 0 Å². The maximum absolute atomic E-state index is 13.2. The Morgan fingerprint density at radius 3 is 2.69 bits per heavy atom. The molecule has 1 aliphatic rings. The van der Waals surface area contributed by atoms with Gasteiger partial charge in [-0.3, -0.25) is 0 Å². The quantitative estimate of drug-likeness (QED) is 0.512. The van der Waals surface area contributed by atoms with Gasteiger partial charge in [-0.15, -0.1) is 10.2 Å². The molecular formula is C20H19ClFN3S. The van der Waals surface area contributed by atoms with Gasteiger partial charge in [0.15, 0.2) is 5.16 Å². The van der Waals surface area contributed by atoms with Crippen molar-refractivity contribution in [2.45, 2.75) is 42.6 Å². The van der Waals surface area contributed by atoms with Crippen LogP contribution in [0.3, 0.4) is 0 Å². The van der Waals surface area contributed by atoms with Gasteiger partial charge in [0, 0.05) is 23.2 Å². The summed E-state index contributed by atoms with van der Waals surface area (Å²) in [5.74, 6) is 2.37. The van der Waals surface area contributed by atoms with Crippen molar-refractivity contribution in [2.75, 3.05) is 0 Å². The third kappa shape index (κ3) is 3.51. The van der Waals surface area contributed by atoms with Crippen LogP contribution < -0.4 is 0 Å². The molecule has 1 fully saturated rings. The van der Waals surface area contributed by atoms with Crippen LogP contribution in [0.4, 0.5) is 4.39 Å². The van der Waals surface area contributed by atoms with Crippen LogP contribution >= 0.6 is 23.4 Å². The van der Waals surface area contributed by atoms with E-state index in [9.17, 15) is 4.39 Å². The van der Waals surface area contributed by atoms with Crippen LogP contribution in [0, 0.1) is 5.82 Å². The molecule has 0 N–H and O–H groups in total. The number of hydrogen-bond donors (Lipinski definition) is 0. The lowest BCUT2D eigenvalue weighted by Gasteiger charge is -2.08. The first-order chi connectivity index (χ1) is 12.7. The molecule has 0 amide bonds. The number of aromatic nitrogens is 3. The number of hydrogen-bond acceptors (Lipinski definition) is 3. The second kappa shape index (κ2) is 7.41. The molecule has 0 saturated heterocycles. The van der Waals surface area contributed by atoms with E-state index in [1.165, 1.54) is 17.7 Å². The van der Waals surface area contributed by atoms with Crippen LogP contribution in [0.15, 0.2) is 53.7 Å². The zero-order valence-corrected chi connectivity index (χ0v) is 16.0. The molecule has 0 aliphatic heterocycles. The van der Waals surface area contributed by atoms with E-state index in [4.69, 9.17) is 11.6 Å². The molecule has 0 bridgehead atoms. The lowest BCUT2D eigenvalue weighted by Crippen LogP contribution is -2.03. The first-order valence-electron chi connectivity index (χ1n) is 8.72. The Hall–Kier alpha value is -1.85. The van der Waals surface area contributed by atoms with E-state index >= 15 is 0 Å². The van der Waals surface area contributed by atoms with Crippen molar-refractivity contribution in [3.05, 3.63) is 76.3 Å². The normalized spacial score (nSPS) is 18.9. The molecule has 134 valence electrons. The third-order valence-corrected chi connectivity index (χ3v) is 6.15. The van der Waals surface area contributed by atoms with Crippen LogP contribution in [-0.4, -0.2) is 14.8 Å². The molecule has 0 radical (unpaired) electrons. The minimum absolute atomic E-state index is 0.316. The first-order valence-corrected chi connectivity index (χ1v) is 10.1. The SMILES string of the molecule is CCn1c(SCc2ccc(F)cc2Cl)nnc1C1CC1c1ccccc1. The summed E-state index contributed by atoms with van der Waals surface area (Å²) in [5.41, 5.74) is 2.27. The van der Waals surface area contributed by atoms with Gasteiger partial charge < -0.3 is 4.57 Å². The van der Waals surface area contributed by atoms with Gasteiger partial charge >= 0.3 is 0 Å². The van der Waals surface area contributed by atoms with Crippen molar-refractivity contribution in [1.82, 2.24) is 14.8 Å². The zero-order valence-electron chi connectivity index (χ0n) is 14.4. The molecule has 1 saturated carbocycles. The van der Waals surface area contributed by atoms with Crippen LogP contribution in [0.2, 0.25) is 5.02 Å². The topological polar surface area (TPSA) is 30.7 Å². The summed E-state index contributed by atoms with van der Waals surface area (Å²) in [7, 11) is 0.